The van der Waals surface area contributed by atoms with Gasteiger partial charge in [0.15, 0.2) is 5.96 Å². The van der Waals surface area contributed by atoms with Crippen LogP contribution in [-0.2, 0) is 0 Å². The number of aliphatic imine (C=N–C) groups is 1. The molecule has 2 rings (SSSR count). The Bertz CT molecular complexity index is 386. The van der Waals surface area contributed by atoms with Crippen molar-refractivity contribution in [3.05, 3.63) is 30.3 Å². The van der Waals surface area contributed by atoms with Crippen LogP contribution in [0.15, 0.2) is 35.3 Å². The van der Waals surface area contributed by atoms with Crippen LogP contribution in [0.25, 0.3) is 0 Å². The Balaban J connectivity index is 0.00000180. The van der Waals surface area contributed by atoms with E-state index in [4.69, 9.17) is 0 Å². The number of piperazine rings is 1. The first-order chi connectivity index (χ1) is 8.85. The first-order valence-electron chi connectivity index (χ1n) is 6.60. The second-order valence-corrected chi connectivity index (χ2v) is 4.39. The van der Waals surface area contributed by atoms with E-state index in [1.54, 1.807) is 0 Å². The maximum absolute atomic E-state index is 4.31. The van der Waals surface area contributed by atoms with Gasteiger partial charge < -0.3 is 15.1 Å². The van der Waals surface area contributed by atoms with Gasteiger partial charge >= 0.3 is 0 Å². The molecule has 1 aliphatic heterocycles. The monoisotopic (exact) mass is 374 g/mol. The summed E-state index contributed by atoms with van der Waals surface area (Å²) in [4.78, 5) is 9.06. The third-order valence-corrected chi connectivity index (χ3v) is 3.25. The van der Waals surface area contributed by atoms with E-state index >= 15 is 0 Å². The van der Waals surface area contributed by atoms with Gasteiger partial charge in [-0.15, -0.1) is 24.0 Å². The van der Waals surface area contributed by atoms with Crippen LogP contribution >= 0.6 is 24.0 Å². The predicted molar refractivity (Wildman–Crippen MR) is 92.7 cm³/mol. The molecule has 0 aliphatic carbocycles. The van der Waals surface area contributed by atoms with E-state index < -0.39 is 0 Å². The second kappa shape index (κ2) is 8.24. The van der Waals surface area contributed by atoms with Crippen LogP contribution in [0.1, 0.15) is 6.92 Å². The summed E-state index contributed by atoms with van der Waals surface area (Å²) in [6, 6.07) is 10.6. The standard InChI is InChI=1S/C14H22N4.HI/c1-3-16-14(15-2)18-11-9-17(10-12-18)13-7-5-4-6-8-13;/h4-8H,3,9-12H2,1-2H3,(H,15,16);1H. The molecule has 0 saturated carbocycles. The van der Waals surface area contributed by atoms with Crippen molar-refractivity contribution in [3.63, 3.8) is 0 Å². The van der Waals surface area contributed by atoms with E-state index in [-0.39, 0.29) is 24.0 Å². The lowest BCUT2D eigenvalue weighted by atomic mass is 10.2. The van der Waals surface area contributed by atoms with Crippen LogP contribution in [0.3, 0.4) is 0 Å². The second-order valence-electron chi connectivity index (χ2n) is 4.39. The number of guanidine groups is 1. The molecule has 19 heavy (non-hydrogen) atoms. The van der Waals surface area contributed by atoms with Crippen LogP contribution in [0, 0.1) is 0 Å². The number of benzene rings is 1. The molecule has 0 bridgehead atoms. The van der Waals surface area contributed by atoms with Gasteiger partial charge in [-0.25, -0.2) is 0 Å². The van der Waals surface area contributed by atoms with Crippen LogP contribution < -0.4 is 10.2 Å². The van der Waals surface area contributed by atoms with Crippen LogP contribution in [-0.4, -0.2) is 50.6 Å². The zero-order chi connectivity index (χ0) is 12.8. The van der Waals surface area contributed by atoms with Gasteiger partial charge in [0.25, 0.3) is 0 Å². The van der Waals surface area contributed by atoms with Crippen molar-refractivity contribution in [2.24, 2.45) is 4.99 Å². The highest BCUT2D eigenvalue weighted by molar-refractivity contribution is 14.0. The molecule has 1 aromatic rings. The molecule has 5 heteroatoms. The van der Waals surface area contributed by atoms with E-state index in [1.165, 1.54) is 5.69 Å². The molecule has 1 fully saturated rings. The van der Waals surface area contributed by atoms with Crippen molar-refractivity contribution in [1.29, 1.82) is 0 Å². The number of nitrogens with zero attached hydrogens (tertiary/aromatic N) is 3. The van der Waals surface area contributed by atoms with E-state index in [1.807, 2.05) is 7.05 Å². The minimum absolute atomic E-state index is 0. The van der Waals surface area contributed by atoms with Crippen LogP contribution in [0.2, 0.25) is 0 Å². The van der Waals surface area contributed by atoms with Crippen molar-refractivity contribution in [2.45, 2.75) is 6.92 Å². The number of hydrogen-bond donors (Lipinski definition) is 1. The average Bonchev–Trinajstić information content (AvgIpc) is 2.46. The summed E-state index contributed by atoms with van der Waals surface area (Å²) in [6.07, 6.45) is 0. The molecule has 1 saturated heterocycles. The summed E-state index contributed by atoms with van der Waals surface area (Å²) in [5, 5.41) is 3.31. The largest absolute Gasteiger partial charge is 0.368 e. The number of anilines is 1. The molecule has 106 valence electrons. The van der Waals surface area contributed by atoms with Gasteiger partial charge in [0, 0.05) is 45.5 Å². The average molecular weight is 374 g/mol. The lowest BCUT2D eigenvalue weighted by molar-refractivity contribution is 0.373. The fourth-order valence-corrected chi connectivity index (χ4v) is 2.31. The van der Waals surface area contributed by atoms with E-state index in [9.17, 15) is 0 Å². The van der Waals surface area contributed by atoms with Gasteiger partial charge in [-0.2, -0.15) is 0 Å². The fraction of sp³-hybridized carbons (Fsp3) is 0.500. The first-order valence-corrected chi connectivity index (χ1v) is 6.60. The summed E-state index contributed by atoms with van der Waals surface area (Å²) in [5.41, 5.74) is 1.32. The summed E-state index contributed by atoms with van der Waals surface area (Å²) in [5.74, 6) is 1.02. The summed E-state index contributed by atoms with van der Waals surface area (Å²) in [6.45, 7) is 7.17. The van der Waals surface area contributed by atoms with Crippen LogP contribution in [0.4, 0.5) is 5.69 Å². The number of rotatable bonds is 2. The zero-order valence-corrected chi connectivity index (χ0v) is 14.0. The van der Waals surface area contributed by atoms with Gasteiger partial charge in [0.05, 0.1) is 0 Å². The lowest BCUT2D eigenvalue weighted by Crippen LogP contribution is -2.52. The highest BCUT2D eigenvalue weighted by atomic mass is 127. The molecule has 1 heterocycles. The molecule has 0 unspecified atom stereocenters. The summed E-state index contributed by atoms with van der Waals surface area (Å²) >= 11 is 0. The Morgan fingerprint density at radius 1 is 1.16 bits per heavy atom. The Kier molecular flexibility index (Phi) is 6.97. The van der Waals surface area contributed by atoms with Crippen LogP contribution in [0.5, 0.6) is 0 Å². The lowest BCUT2D eigenvalue weighted by Gasteiger charge is -2.37. The van der Waals surface area contributed by atoms with E-state index in [2.05, 4.69) is 57.4 Å². The molecule has 0 aromatic heterocycles. The maximum Gasteiger partial charge on any atom is 0.193 e. The zero-order valence-electron chi connectivity index (χ0n) is 11.7. The number of halogens is 1. The molecule has 4 nitrogen and oxygen atoms in total. The topological polar surface area (TPSA) is 30.9 Å². The Hall–Kier alpha value is -0.980. The Morgan fingerprint density at radius 3 is 2.32 bits per heavy atom. The van der Waals surface area contributed by atoms with E-state index in [0.717, 1.165) is 38.7 Å². The molecule has 0 spiro atoms. The van der Waals surface area contributed by atoms with Crippen molar-refractivity contribution in [3.8, 4) is 0 Å². The van der Waals surface area contributed by atoms with Crippen molar-refractivity contribution >= 4 is 35.6 Å². The van der Waals surface area contributed by atoms with Crippen molar-refractivity contribution in [2.75, 3.05) is 44.7 Å². The molecule has 0 atom stereocenters. The maximum atomic E-state index is 4.31. The van der Waals surface area contributed by atoms with Gasteiger partial charge in [0.2, 0.25) is 0 Å². The number of nitrogens with one attached hydrogen (secondary N) is 1. The molecule has 0 amide bonds. The smallest absolute Gasteiger partial charge is 0.193 e. The van der Waals surface area contributed by atoms with Crippen molar-refractivity contribution in [1.82, 2.24) is 10.2 Å². The SMILES string of the molecule is CCNC(=NC)N1CCN(c2ccccc2)CC1.I. The Morgan fingerprint density at radius 2 is 1.79 bits per heavy atom. The van der Waals surface area contributed by atoms with Gasteiger partial charge in [-0.3, -0.25) is 4.99 Å². The molecule has 0 radical (unpaired) electrons. The summed E-state index contributed by atoms with van der Waals surface area (Å²) in [7, 11) is 1.85. The van der Waals surface area contributed by atoms with Gasteiger partial charge in [-0.05, 0) is 19.1 Å². The van der Waals surface area contributed by atoms with Crippen molar-refractivity contribution < 1.29 is 0 Å². The molecule has 1 aromatic carbocycles. The molecular weight excluding hydrogens is 351 g/mol. The number of hydrogen-bond acceptors (Lipinski definition) is 2. The fourth-order valence-electron chi connectivity index (χ4n) is 2.31. The normalized spacial score (nSPS) is 16.0. The third-order valence-electron chi connectivity index (χ3n) is 3.25. The van der Waals surface area contributed by atoms with E-state index in [0.29, 0.717) is 0 Å². The highest BCUT2D eigenvalue weighted by Gasteiger charge is 2.18. The summed E-state index contributed by atoms with van der Waals surface area (Å²) < 4.78 is 0. The first kappa shape index (κ1) is 16.1. The number of para-hydroxylation sites is 1. The minimum Gasteiger partial charge on any atom is -0.368 e. The third kappa shape index (κ3) is 4.26. The minimum atomic E-state index is 0. The quantitative estimate of drug-likeness (QED) is 0.488. The molecular formula is C14H23IN4. The highest BCUT2D eigenvalue weighted by Crippen LogP contribution is 2.15. The van der Waals surface area contributed by atoms with Gasteiger partial charge in [-0.1, -0.05) is 18.2 Å². The van der Waals surface area contributed by atoms with Gasteiger partial charge in [0.1, 0.15) is 0 Å². The molecule has 1 N–H and O–H groups in total. The molecule has 1 aliphatic rings. The Labute approximate surface area is 132 Å². The predicted octanol–water partition coefficient (Wildman–Crippen LogP) is 2.02.